The zero-order valence-corrected chi connectivity index (χ0v) is 12.7. The number of aryl methyl sites for hydroxylation is 1. The standard InChI is InChI=1S/C13H19BrN4O/c1-9-11(14)12(16-15-9)13(19)18-7-6-17-5-3-2-4-10(17)8-18/h10H,2-8H2,1H3,(H,15,16)/t10-/m0/s1. The highest BCUT2D eigenvalue weighted by Crippen LogP contribution is 2.24. The molecule has 0 aliphatic carbocycles. The molecule has 2 fully saturated rings. The topological polar surface area (TPSA) is 52.2 Å². The number of nitrogens with zero attached hydrogens (tertiary/aromatic N) is 3. The summed E-state index contributed by atoms with van der Waals surface area (Å²) in [5.74, 6) is 0.0430. The van der Waals surface area contributed by atoms with Gasteiger partial charge in [0.1, 0.15) is 0 Å². The van der Waals surface area contributed by atoms with E-state index in [0.29, 0.717) is 11.7 Å². The van der Waals surface area contributed by atoms with Crippen LogP contribution in [0.1, 0.15) is 35.4 Å². The smallest absolute Gasteiger partial charge is 0.275 e. The van der Waals surface area contributed by atoms with Gasteiger partial charge in [0, 0.05) is 31.4 Å². The molecule has 19 heavy (non-hydrogen) atoms. The maximum Gasteiger partial charge on any atom is 0.275 e. The number of carbonyl (C=O) groups is 1. The molecule has 2 aliphatic rings. The number of nitrogens with one attached hydrogen (secondary N) is 1. The minimum atomic E-state index is 0.0430. The lowest BCUT2D eigenvalue weighted by Crippen LogP contribution is -2.56. The van der Waals surface area contributed by atoms with E-state index < -0.39 is 0 Å². The molecule has 1 aromatic heterocycles. The minimum Gasteiger partial charge on any atom is -0.334 e. The first-order valence-corrected chi connectivity index (χ1v) is 7.70. The van der Waals surface area contributed by atoms with Crippen LogP contribution >= 0.6 is 15.9 Å². The van der Waals surface area contributed by atoms with Gasteiger partial charge >= 0.3 is 0 Å². The summed E-state index contributed by atoms with van der Waals surface area (Å²) in [6.45, 7) is 5.76. The molecule has 0 bridgehead atoms. The largest absolute Gasteiger partial charge is 0.334 e. The van der Waals surface area contributed by atoms with Gasteiger partial charge in [-0.15, -0.1) is 0 Å². The van der Waals surface area contributed by atoms with Crippen molar-refractivity contribution >= 4 is 21.8 Å². The summed E-state index contributed by atoms with van der Waals surface area (Å²) in [4.78, 5) is 17.0. The maximum atomic E-state index is 12.5. The molecule has 0 unspecified atom stereocenters. The van der Waals surface area contributed by atoms with Gasteiger partial charge < -0.3 is 4.90 Å². The van der Waals surface area contributed by atoms with Gasteiger partial charge in [0.2, 0.25) is 0 Å². The number of hydrogen-bond donors (Lipinski definition) is 1. The Labute approximate surface area is 121 Å². The van der Waals surface area contributed by atoms with Crippen molar-refractivity contribution in [2.24, 2.45) is 0 Å². The van der Waals surface area contributed by atoms with Gasteiger partial charge in [0.05, 0.1) is 4.47 Å². The fraction of sp³-hybridized carbons (Fsp3) is 0.692. The van der Waals surface area contributed by atoms with Crippen molar-refractivity contribution in [3.8, 4) is 0 Å². The number of hydrogen-bond acceptors (Lipinski definition) is 3. The Kier molecular flexibility index (Phi) is 3.62. The minimum absolute atomic E-state index is 0.0430. The molecule has 2 aliphatic heterocycles. The fourth-order valence-electron chi connectivity index (χ4n) is 3.05. The van der Waals surface area contributed by atoms with E-state index in [4.69, 9.17) is 0 Å². The van der Waals surface area contributed by atoms with Gasteiger partial charge in [0.15, 0.2) is 5.69 Å². The van der Waals surface area contributed by atoms with Crippen molar-refractivity contribution in [2.45, 2.75) is 32.2 Å². The number of H-pyrrole nitrogens is 1. The summed E-state index contributed by atoms with van der Waals surface area (Å²) in [6.07, 6.45) is 3.80. The quantitative estimate of drug-likeness (QED) is 0.856. The zero-order chi connectivity index (χ0) is 13.4. The van der Waals surface area contributed by atoms with E-state index in [1.54, 1.807) is 0 Å². The Morgan fingerprint density at radius 1 is 1.37 bits per heavy atom. The lowest BCUT2D eigenvalue weighted by molar-refractivity contribution is 0.0367. The van der Waals surface area contributed by atoms with Gasteiger partial charge in [-0.05, 0) is 42.2 Å². The van der Waals surface area contributed by atoms with Crippen molar-refractivity contribution in [3.63, 3.8) is 0 Å². The number of amides is 1. The number of halogens is 1. The molecule has 0 saturated carbocycles. The zero-order valence-electron chi connectivity index (χ0n) is 11.2. The molecule has 6 heteroatoms. The lowest BCUT2D eigenvalue weighted by Gasteiger charge is -2.43. The SMILES string of the molecule is Cc1[nH]nc(C(=O)N2CCN3CCCC[C@H]3C2)c1Br. The van der Waals surface area contributed by atoms with Crippen LogP contribution in [0.3, 0.4) is 0 Å². The maximum absolute atomic E-state index is 12.5. The van der Waals surface area contributed by atoms with E-state index in [0.717, 1.165) is 29.8 Å². The van der Waals surface area contributed by atoms with Crippen LogP contribution in [0.4, 0.5) is 0 Å². The molecule has 0 spiro atoms. The van der Waals surface area contributed by atoms with Crippen LogP contribution in [0.15, 0.2) is 4.47 Å². The van der Waals surface area contributed by atoms with Crippen LogP contribution in [0.2, 0.25) is 0 Å². The Balaban J connectivity index is 1.72. The molecule has 1 atom stereocenters. The molecular weight excluding hydrogens is 308 g/mol. The van der Waals surface area contributed by atoms with Crippen molar-refractivity contribution in [3.05, 3.63) is 15.9 Å². The summed E-state index contributed by atoms with van der Waals surface area (Å²) < 4.78 is 0.795. The third-order valence-corrected chi connectivity index (χ3v) is 5.17. The Morgan fingerprint density at radius 2 is 2.21 bits per heavy atom. The fourth-order valence-corrected chi connectivity index (χ4v) is 3.39. The first kappa shape index (κ1) is 13.1. The number of carbonyl (C=O) groups excluding carboxylic acids is 1. The molecule has 1 amide bonds. The van der Waals surface area contributed by atoms with Crippen molar-refractivity contribution in [1.82, 2.24) is 20.0 Å². The summed E-state index contributed by atoms with van der Waals surface area (Å²) in [5.41, 5.74) is 1.42. The Morgan fingerprint density at radius 3 is 2.95 bits per heavy atom. The van der Waals surface area contributed by atoms with E-state index in [1.807, 2.05) is 11.8 Å². The average molecular weight is 327 g/mol. The van der Waals surface area contributed by atoms with E-state index >= 15 is 0 Å². The summed E-state index contributed by atoms with van der Waals surface area (Å²) in [5, 5.41) is 6.98. The molecule has 3 heterocycles. The monoisotopic (exact) mass is 326 g/mol. The van der Waals surface area contributed by atoms with Gasteiger partial charge in [-0.25, -0.2) is 0 Å². The number of piperazine rings is 1. The molecule has 104 valence electrons. The molecule has 5 nitrogen and oxygen atoms in total. The third-order valence-electron chi connectivity index (χ3n) is 4.20. The predicted octanol–water partition coefficient (Wildman–Crippen LogP) is 1.79. The predicted molar refractivity (Wildman–Crippen MR) is 76.1 cm³/mol. The molecule has 1 N–H and O–H groups in total. The number of rotatable bonds is 1. The molecular formula is C13H19BrN4O. The van der Waals surface area contributed by atoms with Crippen LogP contribution in [0.25, 0.3) is 0 Å². The second kappa shape index (κ2) is 5.25. The molecule has 1 aromatic rings. The average Bonchev–Trinajstić information content (AvgIpc) is 2.78. The number of aromatic nitrogens is 2. The summed E-state index contributed by atoms with van der Waals surface area (Å²) >= 11 is 3.43. The van der Waals surface area contributed by atoms with Crippen molar-refractivity contribution in [1.29, 1.82) is 0 Å². The highest BCUT2D eigenvalue weighted by molar-refractivity contribution is 9.10. The molecule has 2 saturated heterocycles. The van der Waals surface area contributed by atoms with Crippen LogP contribution in [-0.4, -0.2) is 58.1 Å². The van der Waals surface area contributed by atoms with E-state index in [9.17, 15) is 4.79 Å². The van der Waals surface area contributed by atoms with Crippen LogP contribution in [-0.2, 0) is 0 Å². The second-order valence-corrected chi connectivity index (χ2v) is 6.24. The Hall–Kier alpha value is -0.880. The van der Waals surface area contributed by atoms with E-state index in [-0.39, 0.29) is 5.91 Å². The van der Waals surface area contributed by atoms with Gasteiger partial charge in [0.25, 0.3) is 5.91 Å². The van der Waals surface area contributed by atoms with E-state index in [1.165, 1.54) is 25.8 Å². The van der Waals surface area contributed by atoms with Crippen LogP contribution in [0, 0.1) is 6.92 Å². The van der Waals surface area contributed by atoms with Crippen molar-refractivity contribution in [2.75, 3.05) is 26.2 Å². The lowest BCUT2D eigenvalue weighted by atomic mass is 9.99. The first-order valence-electron chi connectivity index (χ1n) is 6.90. The molecule has 0 radical (unpaired) electrons. The first-order chi connectivity index (χ1) is 9.16. The molecule has 0 aromatic carbocycles. The summed E-state index contributed by atoms with van der Waals surface area (Å²) in [7, 11) is 0. The van der Waals surface area contributed by atoms with Gasteiger partial charge in [-0.2, -0.15) is 5.10 Å². The Bertz CT molecular complexity index is 487. The number of fused-ring (bicyclic) bond motifs is 1. The second-order valence-electron chi connectivity index (χ2n) is 5.45. The third kappa shape index (κ3) is 2.43. The number of aromatic amines is 1. The summed E-state index contributed by atoms with van der Waals surface area (Å²) in [6, 6.07) is 0.547. The normalized spacial score (nSPS) is 24.3. The highest BCUT2D eigenvalue weighted by atomic mass is 79.9. The van der Waals surface area contributed by atoms with Gasteiger partial charge in [-0.3, -0.25) is 14.8 Å². The van der Waals surface area contributed by atoms with Crippen LogP contribution in [0.5, 0.6) is 0 Å². The number of piperidine rings is 1. The van der Waals surface area contributed by atoms with Crippen LogP contribution < -0.4 is 0 Å². The van der Waals surface area contributed by atoms with Crippen molar-refractivity contribution < 1.29 is 4.79 Å². The van der Waals surface area contributed by atoms with Gasteiger partial charge in [-0.1, -0.05) is 6.42 Å². The highest BCUT2D eigenvalue weighted by Gasteiger charge is 2.32. The van der Waals surface area contributed by atoms with E-state index in [2.05, 4.69) is 31.0 Å². The molecule has 3 rings (SSSR count).